The Kier molecular flexibility index (Phi) is 4.56. The largest absolute Gasteiger partial charge is 0.492 e. The number of hydrogen-bond donors (Lipinski definition) is 1. The van der Waals surface area contributed by atoms with Crippen LogP contribution in [0.1, 0.15) is 12.5 Å². The zero-order valence-corrected chi connectivity index (χ0v) is 11.3. The van der Waals surface area contributed by atoms with E-state index in [4.69, 9.17) is 4.74 Å². The molecule has 0 amide bonds. The Morgan fingerprint density at radius 2 is 1.65 bits per heavy atom. The molecule has 2 aromatic carbocycles. The summed E-state index contributed by atoms with van der Waals surface area (Å²) in [5.74, 6) is -2.35. The number of rotatable bonds is 6. The summed E-state index contributed by atoms with van der Waals surface area (Å²) in [7, 11) is 0. The van der Waals surface area contributed by atoms with Gasteiger partial charge in [-0.3, -0.25) is 0 Å². The average molecular weight is 277 g/mol. The van der Waals surface area contributed by atoms with E-state index < -0.39 is 12.5 Å². The molecule has 20 heavy (non-hydrogen) atoms. The number of alkyl halides is 2. The summed E-state index contributed by atoms with van der Waals surface area (Å²) in [5.41, 5.74) is 0.575. The van der Waals surface area contributed by atoms with Gasteiger partial charge in [0.2, 0.25) is 0 Å². The molecule has 0 heterocycles. The van der Waals surface area contributed by atoms with Gasteiger partial charge in [0.1, 0.15) is 5.75 Å². The summed E-state index contributed by atoms with van der Waals surface area (Å²) in [4.78, 5) is 0. The van der Waals surface area contributed by atoms with Gasteiger partial charge in [-0.15, -0.1) is 0 Å². The molecule has 0 spiro atoms. The molecule has 106 valence electrons. The molecule has 0 aliphatic rings. The van der Waals surface area contributed by atoms with Crippen molar-refractivity contribution < 1.29 is 13.5 Å². The molecule has 0 saturated carbocycles. The maximum atomic E-state index is 14.1. The van der Waals surface area contributed by atoms with Gasteiger partial charge >= 0.3 is 0 Å². The maximum absolute atomic E-state index is 14.1. The molecule has 0 aliphatic carbocycles. The van der Waals surface area contributed by atoms with Crippen molar-refractivity contribution in [3.05, 3.63) is 60.2 Å². The number of anilines is 1. The Labute approximate surface area is 117 Å². The van der Waals surface area contributed by atoms with Crippen molar-refractivity contribution in [2.45, 2.75) is 12.8 Å². The van der Waals surface area contributed by atoms with Crippen LogP contribution in [0.5, 0.6) is 5.75 Å². The van der Waals surface area contributed by atoms with Crippen LogP contribution in [0.3, 0.4) is 0 Å². The van der Waals surface area contributed by atoms with E-state index in [2.05, 4.69) is 5.32 Å². The Hall–Kier alpha value is -2.10. The summed E-state index contributed by atoms with van der Waals surface area (Å²) in [6.45, 7) is 1.88. The minimum absolute atomic E-state index is 0.00129. The van der Waals surface area contributed by atoms with Crippen LogP contribution in [-0.2, 0) is 5.92 Å². The Balaban J connectivity index is 2.08. The average Bonchev–Trinajstić information content (AvgIpc) is 2.48. The molecular formula is C16H17F2NO. The van der Waals surface area contributed by atoms with Crippen molar-refractivity contribution in [3.63, 3.8) is 0 Å². The SMILES string of the molecule is CCOc1ccccc1NCC(F)(F)c1ccccc1. The third-order valence-corrected chi connectivity index (χ3v) is 2.88. The lowest BCUT2D eigenvalue weighted by Gasteiger charge is -2.19. The molecule has 0 radical (unpaired) electrons. The second-order valence-corrected chi connectivity index (χ2v) is 4.35. The van der Waals surface area contributed by atoms with Crippen molar-refractivity contribution in [2.75, 3.05) is 18.5 Å². The fourth-order valence-corrected chi connectivity index (χ4v) is 1.88. The fraction of sp³-hybridized carbons (Fsp3) is 0.250. The predicted octanol–water partition coefficient (Wildman–Crippen LogP) is 4.29. The fourth-order valence-electron chi connectivity index (χ4n) is 1.88. The van der Waals surface area contributed by atoms with E-state index in [1.54, 1.807) is 36.4 Å². The lowest BCUT2D eigenvalue weighted by Crippen LogP contribution is -2.24. The van der Waals surface area contributed by atoms with Crippen LogP contribution >= 0.6 is 0 Å². The predicted molar refractivity (Wildman–Crippen MR) is 76.4 cm³/mol. The molecule has 0 saturated heterocycles. The Bertz CT molecular complexity index is 543. The maximum Gasteiger partial charge on any atom is 0.290 e. The van der Waals surface area contributed by atoms with Crippen LogP contribution < -0.4 is 10.1 Å². The van der Waals surface area contributed by atoms with Gasteiger partial charge in [-0.1, -0.05) is 42.5 Å². The van der Waals surface area contributed by atoms with Crippen LogP contribution in [0.2, 0.25) is 0 Å². The summed E-state index contributed by atoms with van der Waals surface area (Å²) >= 11 is 0. The highest BCUT2D eigenvalue weighted by Gasteiger charge is 2.31. The summed E-state index contributed by atoms with van der Waals surface area (Å²) in [6, 6.07) is 14.9. The Morgan fingerprint density at radius 3 is 2.35 bits per heavy atom. The molecule has 0 fully saturated rings. The minimum Gasteiger partial charge on any atom is -0.492 e. The van der Waals surface area contributed by atoms with E-state index in [0.29, 0.717) is 18.0 Å². The number of benzene rings is 2. The molecule has 2 aromatic rings. The molecule has 0 unspecified atom stereocenters. The number of ether oxygens (including phenoxy) is 1. The second kappa shape index (κ2) is 6.37. The van der Waals surface area contributed by atoms with Gasteiger partial charge in [-0.25, -0.2) is 0 Å². The second-order valence-electron chi connectivity index (χ2n) is 4.35. The van der Waals surface area contributed by atoms with Crippen molar-refractivity contribution in [3.8, 4) is 5.75 Å². The number of hydrogen-bond acceptors (Lipinski definition) is 2. The van der Waals surface area contributed by atoms with Gasteiger partial charge < -0.3 is 10.1 Å². The summed E-state index contributed by atoms with van der Waals surface area (Å²) < 4.78 is 33.5. The van der Waals surface area contributed by atoms with Crippen molar-refractivity contribution in [2.24, 2.45) is 0 Å². The van der Waals surface area contributed by atoms with E-state index >= 15 is 0 Å². The molecule has 1 N–H and O–H groups in total. The van der Waals surface area contributed by atoms with E-state index in [-0.39, 0.29) is 5.56 Å². The zero-order chi connectivity index (χ0) is 14.4. The van der Waals surface area contributed by atoms with Gasteiger partial charge in [-0.05, 0) is 19.1 Å². The first-order valence-electron chi connectivity index (χ1n) is 6.52. The van der Waals surface area contributed by atoms with Gasteiger partial charge in [0, 0.05) is 5.56 Å². The molecule has 0 aromatic heterocycles. The van der Waals surface area contributed by atoms with E-state index in [0.717, 1.165) is 0 Å². The molecule has 4 heteroatoms. The van der Waals surface area contributed by atoms with Gasteiger partial charge in [-0.2, -0.15) is 8.78 Å². The molecule has 0 atom stereocenters. The number of halogens is 2. The summed E-state index contributed by atoms with van der Waals surface area (Å²) in [6.07, 6.45) is 0. The topological polar surface area (TPSA) is 21.3 Å². The monoisotopic (exact) mass is 277 g/mol. The van der Waals surface area contributed by atoms with Crippen molar-refractivity contribution in [1.29, 1.82) is 0 Å². The van der Waals surface area contributed by atoms with Crippen molar-refractivity contribution in [1.82, 2.24) is 0 Å². The normalized spacial score (nSPS) is 11.2. The first-order chi connectivity index (χ1) is 9.63. The first kappa shape index (κ1) is 14.3. The quantitative estimate of drug-likeness (QED) is 0.850. The first-order valence-corrected chi connectivity index (χ1v) is 6.52. The van der Waals surface area contributed by atoms with Crippen LogP contribution in [0, 0.1) is 0 Å². The molecule has 0 aliphatic heterocycles. The highest BCUT2D eigenvalue weighted by atomic mass is 19.3. The zero-order valence-electron chi connectivity index (χ0n) is 11.3. The van der Waals surface area contributed by atoms with Crippen LogP contribution in [-0.4, -0.2) is 13.2 Å². The summed E-state index contributed by atoms with van der Waals surface area (Å²) in [5, 5.41) is 2.76. The lowest BCUT2D eigenvalue weighted by molar-refractivity contribution is 0.0106. The third kappa shape index (κ3) is 3.47. The number of nitrogens with one attached hydrogen (secondary N) is 1. The van der Waals surface area contributed by atoms with Crippen molar-refractivity contribution >= 4 is 5.69 Å². The van der Waals surface area contributed by atoms with Gasteiger partial charge in [0.05, 0.1) is 18.8 Å². The highest BCUT2D eigenvalue weighted by molar-refractivity contribution is 5.56. The van der Waals surface area contributed by atoms with E-state index in [1.807, 2.05) is 13.0 Å². The molecule has 2 rings (SSSR count). The smallest absolute Gasteiger partial charge is 0.290 e. The van der Waals surface area contributed by atoms with Gasteiger partial charge in [0.15, 0.2) is 0 Å². The number of para-hydroxylation sites is 2. The molecule has 2 nitrogen and oxygen atoms in total. The molecule has 0 bridgehead atoms. The van der Waals surface area contributed by atoms with Crippen LogP contribution in [0.15, 0.2) is 54.6 Å². The highest BCUT2D eigenvalue weighted by Crippen LogP contribution is 2.30. The minimum atomic E-state index is -2.93. The van der Waals surface area contributed by atoms with Crippen LogP contribution in [0.4, 0.5) is 14.5 Å². The van der Waals surface area contributed by atoms with Crippen LogP contribution in [0.25, 0.3) is 0 Å². The third-order valence-electron chi connectivity index (χ3n) is 2.88. The van der Waals surface area contributed by atoms with Gasteiger partial charge in [0.25, 0.3) is 5.92 Å². The Morgan fingerprint density at radius 1 is 1.00 bits per heavy atom. The molecular weight excluding hydrogens is 260 g/mol. The van der Waals surface area contributed by atoms with E-state index in [9.17, 15) is 8.78 Å². The lowest BCUT2D eigenvalue weighted by atomic mass is 10.1. The standard InChI is InChI=1S/C16H17F2NO/c1-2-20-15-11-7-6-10-14(15)19-12-16(17,18)13-8-4-3-5-9-13/h3-11,19H,2,12H2,1H3. The van der Waals surface area contributed by atoms with E-state index in [1.165, 1.54) is 12.1 Å².